The van der Waals surface area contributed by atoms with Crippen LogP contribution in [0.2, 0.25) is 0 Å². The number of nitrogens with two attached hydrogens (primary N) is 1. The van der Waals surface area contributed by atoms with Gasteiger partial charge in [-0.25, -0.2) is 9.78 Å². The molecule has 2 aromatic rings. The highest BCUT2D eigenvalue weighted by Gasteiger charge is 2.25. The second-order valence-corrected chi connectivity index (χ2v) is 7.54. The predicted octanol–water partition coefficient (Wildman–Crippen LogP) is -1.67. The molecule has 0 saturated carbocycles. The van der Waals surface area contributed by atoms with E-state index < -0.39 is 48.4 Å². The SMILES string of the molecule is NC(Cc1cnc[nH]1)C(=O)NC(Cc1ccc(O)cc1)C(=O)NCC(=O)NC(CS)C(=O)O. The van der Waals surface area contributed by atoms with Crippen molar-refractivity contribution in [2.24, 2.45) is 5.73 Å². The van der Waals surface area contributed by atoms with E-state index in [-0.39, 0.29) is 24.3 Å². The molecule has 2 rings (SSSR count). The number of hydrogen-bond acceptors (Lipinski definition) is 8. The normalized spacial score (nSPS) is 13.4. The first kappa shape index (κ1) is 25.7. The number of thiol groups is 1. The second kappa shape index (κ2) is 12.5. The minimum absolute atomic E-state index is 0.0409. The highest BCUT2D eigenvalue weighted by molar-refractivity contribution is 7.80. The monoisotopic (exact) mass is 478 g/mol. The minimum atomic E-state index is -1.26. The molecule has 3 amide bonds. The number of amides is 3. The van der Waals surface area contributed by atoms with Gasteiger partial charge in [0.25, 0.3) is 0 Å². The molecule has 0 aliphatic heterocycles. The first-order valence-corrected chi connectivity index (χ1v) is 10.5. The smallest absolute Gasteiger partial charge is 0.327 e. The van der Waals surface area contributed by atoms with Crippen molar-refractivity contribution < 1.29 is 29.4 Å². The van der Waals surface area contributed by atoms with E-state index in [1.54, 1.807) is 12.1 Å². The summed E-state index contributed by atoms with van der Waals surface area (Å²) >= 11 is 3.86. The molecule has 3 unspecified atom stereocenters. The molecule has 0 spiro atoms. The lowest BCUT2D eigenvalue weighted by Gasteiger charge is -2.21. The number of aromatic nitrogens is 2. The fraction of sp³-hybridized carbons (Fsp3) is 0.350. The van der Waals surface area contributed by atoms with Crippen LogP contribution in [0.1, 0.15) is 11.3 Å². The number of carbonyl (C=O) groups excluding carboxylic acids is 3. The summed E-state index contributed by atoms with van der Waals surface area (Å²) < 4.78 is 0. The van der Waals surface area contributed by atoms with Gasteiger partial charge in [0.1, 0.15) is 17.8 Å². The Morgan fingerprint density at radius 2 is 1.76 bits per heavy atom. The van der Waals surface area contributed by atoms with E-state index in [1.165, 1.54) is 24.7 Å². The first-order valence-electron chi connectivity index (χ1n) is 9.91. The number of imidazole rings is 1. The fourth-order valence-electron chi connectivity index (χ4n) is 2.80. The van der Waals surface area contributed by atoms with Crippen LogP contribution < -0.4 is 21.7 Å². The Morgan fingerprint density at radius 3 is 2.33 bits per heavy atom. The third-order valence-electron chi connectivity index (χ3n) is 4.58. The van der Waals surface area contributed by atoms with Crippen molar-refractivity contribution in [3.8, 4) is 5.75 Å². The Morgan fingerprint density at radius 1 is 1.06 bits per heavy atom. The number of nitrogens with one attached hydrogen (secondary N) is 4. The number of benzene rings is 1. The summed E-state index contributed by atoms with van der Waals surface area (Å²) in [5.74, 6) is -3.32. The van der Waals surface area contributed by atoms with Crippen LogP contribution in [0.25, 0.3) is 0 Å². The maximum Gasteiger partial charge on any atom is 0.327 e. The van der Waals surface area contributed by atoms with Crippen LogP contribution in [-0.2, 0) is 32.0 Å². The number of H-pyrrole nitrogens is 1. The zero-order valence-electron chi connectivity index (χ0n) is 17.5. The number of phenolic OH excluding ortho intramolecular Hbond substituents is 1. The molecule has 3 atom stereocenters. The fourth-order valence-corrected chi connectivity index (χ4v) is 3.05. The van der Waals surface area contributed by atoms with E-state index >= 15 is 0 Å². The van der Waals surface area contributed by atoms with Crippen LogP contribution in [0.15, 0.2) is 36.8 Å². The number of carbonyl (C=O) groups is 4. The highest BCUT2D eigenvalue weighted by atomic mass is 32.1. The first-order chi connectivity index (χ1) is 15.7. The maximum absolute atomic E-state index is 12.7. The number of phenols is 1. The standard InChI is InChI=1S/C20H26N6O6S/c21-14(6-12-7-22-10-24-12)18(29)26-15(5-11-1-3-13(27)4-2-11)19(30)23-8-17(28)25-16(9-33)20(31)32/h1-4,7,10,14-16,27,33H,5-6,8-9,21H2,(H,22,24)(H,23,30)(H,25,28)(H,26,29)(H,31,32). The highest BCUT2D eigenvalue weighted by Crippen LogP contribution is 2.11. The number of aromatic amines is 1. The summed E-state index contributed by atoms with van der Waals surface area (Å²) in [6.45, 7) is -0.501. The summed E-state index contributed by atoms with van der Waals surface area (Å²) in [5.41, 5.74) is 7.22. The lowest BCUT2D eigenvalue weighted by atomic mass is 10.0. The molecule has 0 saturated heterocycles. The quantitative estimate of drug-likeness (QED) is 0.165. The molecule has 8 N–H and O–H groups in total. The summed E-state index contributed by atoms with van der Waals surface area (Å²) in [5, 5.41) is 25.6. The van der Waals surface area contributed by atoms with Crippen LogP contribution >= 0.6 is 12.6 Å². The molecular formula is C20H26N6O6S. The molecule has 1 aromatic heterocycles. The molecule has 33 heavy (non-hydrogen) atoms. The molecular weight excluding hydrogens is 452 g/mol. The number of aliphatic carboxylic acids is 1. The van der Waals surface area contributed by atoms with Crippen molar-refractivity contribution >= 4 is 36.3 Å². The Labute approximate surface area is 194 Å². The third-order valence-corrected chi connectivity index (χ3v) is 4.94. The zero-order valence-corrected chi connectivity index (χ0v) is 18.4. The molecule has 1 heterocycles. The second-order valence-electron chi connectivity index (χ2n) is 7.18. The van der Waals surface area contributed by atoms with Crippen molar-refractivity contribution in [2.45, 2.75) is 31.0 Å². The summed E-state index contributed by atoms with van der Waals surface area (Å²) in [6.07, 6.45) is 3.21. The Bertz CT molecular complexity index is 952. The van der Waals surface area contributed by atoms with Gasteiger partial charge in [0.05, 0.1) is 18.9 Å². The van der Waals surface area contributed by atoms with Gasteiger partial charge in [0.2, 0.25) is 17.7 Å². The van der Waals surface area contributed by atoms with E-state index in [4.69, 9.17) is 10.8 Å². The average molecular weight is 479 g/mol. The van der Waals surface area contributed by atoms with E-state index in [9.17, 15) is 24.3 Å². The van der Waals surface area contributed by atoms with Gasteiger partial charge in [0.15, 0.2) is 0 Å². The van der Waals surface area contributed by atoms with Crippen molar-refractivity contribution in [3.05, 3.63) is 48.0 Å². The van der Waals surface area contributed by atoms with Gasteiger partial charge >= 0.3 is 5.97 Å². The van der Waals surface area contributed by atoms with Gasteiger partial charge in [-0.2, -0.15) is 12.6 Å². The van der Waals surface area contributed by atoms with Crippen LogP contribution in [0.5, 0.6) is 5.75 Å². The molecule has 0 fully saturated rings. The maximum atomic E-state index is 12.7. The van der Waals surface area contributed by atoms with Crippen molar-refractivity contribution in [1.82, 2.24) is 25.9 Å². The lowest BCUT2D eigenvalue weighted by Crippen LogP contribution is -2.54. The van der Waals surface area contributed by atoms with Crippen LogP contribution in [-0.4, -0.2) is 74.3 Å². The molecule has 0 radical (unpaired) electrons. The number of carboxylic acid groups (broad SMARTS) is 1. The topological polar surface area (TPSA) is 200 Å². The number of rotatable bonds is 12. The predicted molar refractivity (Wildman–Crippen MR) is 120 cm³/mol. The van der Waals surface area contributed by atoms with Crippen molar-refractivity contribution in [3.63, 3.8) is 0 Å². The largest absolute Gasteiger partial charge is 0.508 e. The molecule has 0 aliphatic carbocycles. The third kappa shape index (κ3) is 8.46. The zero-order chi connectivity index (χ0) is 24.4. The molecule has 0 aliphatic rings. The van der Waals surface area contributed by atoms with Crippen LogP contribution in [0, 0.1) is 0 Å². The molecule has 13 heteroatoms. The van der Waals surface area contributed by atoms with Crippen LogP contribution in [0.3, 0.4) is 0 Å². The summed E-state index contributed by atoms with van der Waals surface area (Å²) in [6, 6.07) is 2.80. The van der Waals surface area contributed by atoms with E-state index in [0.717, 1.165) is 0 Å². The van der Waals surface area contributed by atoms with Gasteiger partial charge in [-0.3, -0.25) is 14.4 Å². The Balaban J connectivity index is 2.03. The molecule has 12 nitrogen and oxygen atoms in total. The van der Waals surface area contributed by atoms with Gasteiger partial charge in [-0.05, 0) is 17.7 Å². The molecule has 1 aromatic carbocycles. The van der Waals surface area contributed by atoms with Gasteiger partial charge in [-0.15, -0.1) is 0 Å². The Hall–Kier alpha value is -3.58. The van der Waals surface area contributed by atoms with E-state index in [0.29, 0.717) is 11.3 Å². The van der Waals surface area contributed by atoms with Crippen LogP contribution in [0.4, 0.5) is 0 Å². The van der Waals surface area contributed by atoms with Crippen molar-refractivity contribution in [1.29, 1.82) is 0 Å². The number of hydrogen-bond donors (Lipinski definition) is 8. The molecule has 0 bridgehead atoms. The number of carboxylic acids is 1. The summed E-state index contributed by atoms with van der Waals surface area (Å²) in [4.78, 5) is 55.0. The van der Waals surface area contributed by atoms with E-state index in [2.05, 4.69) is 38.5 Å². The van der Waals surface area contributed by atoms with Crippen molar-refractivity contribution in [2.75, 3.05) is 12.3 Å². The Kier molecular flexibility index (Phi) is 9.69. The lowest BCUT2D eigenvalue weighted by molar-refractivity contribution is -0.141. The van der Waals surface area contributed by atoms with Gasteiger partial charge in [0, 0.05) is 30.5 Å². The summed E-state index contributed by atoms with van der Waals surface area (Å²) in [7, 11) is 0. The minimum Gasteiger partial charge on any atom is -0.508 e. The number of aromatic hydroxyl groups is 1. The number of nitrogens with zero attached hydrogens (tertiary/aromatic N) is 1. The van der Waals surface area contributed by atoms with Gasteiger partial charge < -0.3 is 36.9 Å². The van der Waals surface area contributed by atoms with E-state index in [1.807, 2.05) is 0 Å². The molecule has 178 valence electrons. The average Bonchev–Trinajstić information content (AvgIpc) is 3.29. The van der Waals surface area contributed by atoms with Gasteiger partial charge in [-0.1, -0.05) is 12.1 Å².